The molecule has 7 nitrogen and oxygen atoms in total. The van der Waals surface area contributed by atoms with Crippen molar-refractivity contribution < 1.29 is 9.32 Å². The zero-order chi connectivity index (χ0) is 17.2. The summed E-state index contributed by atoms with van der Waals surface area (Å²) in [5, 5.41) is 9.17. The topological polar surface area (TPSA) is 77.0 Å². The number of amides is 1. The maximum absolute atomic E-state index is 13.0. The summed E-state index contributed by atoms with van der Waals surface area (Å²) in [6, 6.07) is 3.94. The fourth-order valence-electron chi connectivity index (χ4n) is 3.50. The lowest BCUT2D eigenvalue weighted by Crippen LogP contribution is -2.38. The number of nitrogens with zero attached hydrogens (tertiary/aromatic N) is 5. The van der Waals surface area contributed by atoms with Crippen molar-refractivity contribution in [3.63, 3.8) is 0 Å². The molecule has 4 rings (SSSR count). The number of carbonyl (C=O) groups is 1. The maximum atomic E-state index is 13.0. The van der Waals surface area contributed by atoms with Crippen LogP contribution in [0.5, 0.6) is 0 Å². The molecule has 0 aromatic carbocycles. The zero-order valence-corrected chi connectivity index (χ0v) is 14.3. The standard InChI is InChI=1S/C18H21N5O2/c1-2-5-16-15-10-13(11-19-17(15)25-21-16)18(24)23-9-3-6-14(23)12-22-8-4-7-20-22/h4,7-8,10-11,14H,2-3,5-6,9,12H2,1H3/t14-/m0/s1. The lowest BCUT2D eigenvalue weighted by molar-refractivity contribution is 0.0721. The fourth-order valence-corrected chi connectivity index (χ4v) is 3.50. The number of carbonyl (C=O) groups excluding carboxylic acids is 1. The Bertz CT molecular complexity index is 871. The van der Waals surface area contributed by atoms with Gasteiger partial charge >= 0.3 is 0 Å². The van der Waals surface area contributed by atoms with Crippen LogP contribution in [0, 0.1) is 0 Å². The number of fused-ring (bicyclic) bond motifs is 1. The fraction of sp³-hybridized carbons (Fsp3) is 0.444. The molecular formula is C18H21N5O2. The Morgan fingerprint density at radius 1 is 1.44 bits per heavy atom. The van der Waals surface area contributed by atoms with Crippen molar-refractivity contribution in [1.82, 2.24) is 24.8 Å². The molecule has 3 aromatic rings. The van der Waals surface area contributed by atoms with Crippen LogP contribution in [0.15, 0.2) is 35.2 Å². The van der Waals surface area contributed by atoms with Crippen LogP contribution in [0.25, 0.3) is 11.1 Å². The number of aryl methyl sites for hydroxylation is 1. The predicted octanol–water partition coefficient (Wildman–Crippen LogP) is 2.68. The summed E-state index contributed by atoms with van der Waals surface area (Å²) in [7, 11) is 0. The van der Waals surface area contributed by atoms with Gasteiger partial charge in [-0.25, -0.2) is 4.98 Å². The smallest absolute Gasteiger partial charge is 0.257 e. The van der Waals surface area contributed by atoms with Gasteiger partial charge in [0.15, 0.2) is 0 Å². The molecule has 0 spiro atoms. The monoisotopic (exact) mass is 339 g/mol. The second-order valence-electron chi connectivity index (χ2n) is 6.48. The van der Waals surface area contributed by atoms with Crippen molar-refractivity contribution in [2.75, 3.05) is 6.54 Å². The minimum absolute atomic E-state index is 0.0210. The molecule has 0 unspecified atom stereocenters. The molecular weight excluding hydrogens is 318 g/mol. The number of pyridine rings is 1. The molecule has 0 aliphatic carbocycles. The Morgan fingerprint density at radius 3 is 3.16 bits per heavy atom. The molecule has 4 heterocycles. The van der Waals surface area contributed by atoms with Gasteiger partial charge in [-0.1, -0.05) is 18.5 Å². The van der Waals surface area contributed by atoms with E-state index in [0.29, 0.717) is 11.3 Å². The number of rotatable bonds is 5. The zero-order valence-electron chi connectivity index (χ0n) is 14.3. The minimum Gasteiger partial charge on any atom is -0.336 e. The van der Waals surface area contributed by atoms with Crippen LogP contribution in [0.1, 0.15) is 42.2 Å². The van der Waals surface area contributed by atoms with Gasteiger partial charge in [-0.05, 0) is 31.4 Å². The maximum Gasteiger partial charge on any atom is 0.257 e. The minimum atomic E-state index is 0.0210. The number of likely N-dealkylation sites (tertiary alicyclic amines) is 1. The first kappa shape index (κ1) is 15.8. The van der Waals surface area contributed by atoms with Crippen LogP contribution < -0.4 is 0 Å². The molecule has 0 saturated carbocycles. The normalized spacial score (nSPS) is 17.5. The van der Waals surface area contributed by atoms with Crippen LogP contribution in [0.4, 0.5) is 0 Å². The second-order valence-corrected chi connectivity index (χ2v) is 6.48. The Kier molecular flexibility index (Phi) is 4.21. The average molecular weight is 339 g/mol. The van der Waals surface area contributed by atoms with Gasteiger partial charge in [-0.3, -0.25) is 9.48 Å². The Labute approximate surface area is 145 Å². The van der Waals surface area contributed by atoms with Crippen molar-refractivity contribution in [2.24, 2.45) is 0 Å². The SMILES string of the molecule is CCCc1noc2ncc(C(=O)N3CCC[C@H]3Cn3cccn3)cc12. The molecule has 1 atom stereocenters. The molecule has 1 aliphatic rings. The van der Waals surface area contributed by atoms with Gasteiger partial charge in [0, 0.05) is 25.1 Å². The Hall–Kier alpha value is -2.70. The van der Waals surface area contributed by atoms with Gasteiger partial charge in [0.2, 0.25) is 0 Å². The van der Waals surface area contributed by atoms with Crippen LogP contribution in [0.2, 0.25) is 0 Å². The van der Waals surface area contributed by atoms with Crippen molar-refractivity contribution in [3.05, 3.63) is 42.0 Å². The van der Waals surface area contributed by atoms with E-state index >= 15 is 0 Å². The van der Waals surface area contributed by atoms with Crippen LogP contribution >= 0.6 is 0 Å². The number of hydrogen-bond acceptors (Lipinski definition) is 5. The summed E-state index contributed by atoms with van der Waals surface area (Å²) in [6.07, 6.45) is 9.09. The predicted molar refractivity (Wildman–Crippen MR) is 92.1 cm³/mol. The van der Waals surface area contributed by atoms with E-state index in [-0.39, 0.29) is 11.9 Å². The van der Waals surface area contributed by atoms with Crippen LogP contribution in [-0.4, -0.2) is 43.3 Å². The van der Waals surface area contributed by atoms with Crippen molar-refractivity contribution in [1.29, 1.82) is 0 Å². The molecule has 0 bridgehead atoms. The molecule has 0 N–H and O–H groups in total. The van der Waals surface area contributed by atoms with Crippen molar-refractivity contribution in [2.45, 2.75) is 45.2 Å². The summed E-state index contributed by atoms with van der Waals surface area (Å²) < 4.78 is 7.14. The van der Waals surface area contributed by atoms with Gasteiger partial charge in [0.05, 0.1) is 29.2 Å². The molecule has 3 aromatic heterocycles. The van der Waals surface area contributed by atoms with E-state index in [1.54, 1.807) is 12.4 Å². The van der Waals surface area contributed by atoms with E-state index in [1.165, 1.54) is 0 Å². The van der Waals surface area contributed by atoms with E-state index in [2.05, 4.69) is 22.2 Å². The molecule has 7 heteroatoms. The highest BCUT2D eigenvalue weighted by Gasteiger charge is 2.30. The quantitative estimate of drug-likeness (QED) is 0.714. The number of aromatic nitrogens is 4. The van der Waals surface area contributed by atoms with Gasteiger partial charge in [-0.15, -0.1) is 0 Å². The van der Waals surface area contributed by atoms with Gasteiger partial charge < -0.3 is 9.42 Å². The van der Waals surface area contributed by atoms with E-state index in [9.17, 15) is 4.79 Å². The highest BCUT2D eigenvalue weighted by Crippen LogP contribution is 2.24. The summed E-state index contributed by atoms with van der Waals surface area (Å²) >= 11 is 0. The first-order valence-corrected chi connectivity index (χ1v) is 8.79. The highest BCUT2D eigenvalue weighted by atomic mass is 16.5. The van der Waals surface area contributed by atoms with Crippen LogP contribution in [0.3, 0.4) is 0 Å². The van der Waals surface area contributed by atoms with Gasteiger partial charge in [0.25, 0.3) is 11.6 Å². The van der Waals surface area contributed by atoms with E-state index in [1.807, 2.05) is 27.9 Å². The van der Waals surface area contributed by atoms with Crippen molar-refractivity contribution in [3.8, 4) is 0 Å². The largest absolute Gasteiger partial charge is 0.336 e. The molecule has 1 amide bonds. The van der Waals surface area contributed by atoms with E-state index in [0.717, 1.165) is 49.9 Å². The highest BCUT2D eigenvalue weighted by molar-refractivity contribution is 5.97. The Balaban J connectivity index is 1.58. The van der Waals surface area contributed by atoms with E-state index < -0.39 is 0 Å². The summed E-state index contributed by atoms with van der Waals surface area (Å²) in [5.74, 6) is 0.0210. The lowest BCUT2D eigenvalue weighted by Gasteiger charge is -2.24. The first-order chi connectivity index (χ1) is 12.3. The molecule has 25 heavy (non-hydrogen) atoms. The third kappa shape index (κ3) is 3.01. The lowest BCUT2D eigenvalue weighted by atomic mass is 10.1. The van der Waals surface area contributed by atoms with Crippen LogP contribution in [-0.2, 0) is 13.0 Å². The molecule has 1 aliphatic heterocycles. The molecule has 0 radical (unpaired) electrons. The third-order valence-corrected chi connectivity index (χ3v) is 4.73. The van der Waals surface area contributed by atoms with Gasteiger partial charge in [-0.2, -0.15) is 5.10 Å². The Morgan fingerprint density at radius 2 is 2.36 bits per heavy atom. The average Bonchev–Trinajstić information content (AvgIpc) is 3.36. The van der Waals surface area contributed by atoms with Gasteiger partial charge in [0.1, 0.15) is 0 Å². The summed E-state index contributed by atoms with van der Waals surface area (Å²) in [5.41, 5.74) is 1.96. The molecule has 1 saturated heterocycles. The molecule has 1 fully saturated rings. The summed E-state index contributed by atoms with van der Waals surface area (Å²) in [6.45, 7) is 3.59. The third-order valence-electron chi connectivity index (χ3n) is 4.73. The number of hydrogen-bond donors (Lipinski definition) is 0. The van der Waals surface area contributed by atoms with E-state index in [4.69, 9.17) is 4.52 Å². The first-order valence-electron chi connectivity index (χ1n) is 8.79. The molecule has 130 valence electrons. The van der Waals surface area contributed by atoms with Crippen molar-refractivity contribution >= 4 is 17.0 Å². The summed E-state index contributed by atoms with van der Waals surface area (Å²) in [4.78, 5) is 19.3. The second kappa shape index (κ2) is 6.66.